The molecule has 0 saturated carbocycles. The van der Waals surface area contributed by atoms with Crippen molar-refractivity contribution in [1.29, 1.82) is 0 Å². The van der Waals surface area contributed by atoms with Crippen LogP contribution in [-0.4, -0.2) is 28.0 Å². The molecule has 0 N–H and O–H groups in total. The standard InChI is InChI=1S/C32H23N3O5/c36-31-29-27-22-8-2-3-9-23(22)28(25-11-5-4-10-24(25)27)30(29)32(37)34(31)33-17-20-7-1-6-12-26(20)40-18-19-13-15-21(16-14-19)35(38)39/h1-17,27-30H,18H2/b33-17-/t27?,28?,29-,30-/m0/s1. The molecule has 2 bridgehead atoms. The molecule has 0 aromatic heterocycles. The molecule has 4 aromatic rings. The van der Waals surface area contributed by atoms with E-state index in [4.69, 9.17) is 4.74 Å². The molecule has 8 rings (SSSR count). The first-order chi connectivity index (χ1) is 19.5. The zero-order valence-electron chi connectivity index (χ0n) is 21.2. The van der Waals surface area contributed by atoms with Crippen molar-refractivity contribution in [3.63, 3.8) is 0 Å². The number of amides is 2. The van der Waals surface area contributed by atoms with Crippen molar-refractivity contribution in [2.45, 2.75) is 18.4 Å². The highest BCUT2D eigenvalue weighted by molar-refractivity contribution is 6.08. The van der Waals surface area contributed by atoms with Gasteiger partial charge in [0.2, 0.25) is 0 Å². The predicted octanol–water partition coefficient (Wildman–Crippen LogP) is 5.40. The van der Waals surface area contributed by atoms with Crippen LogP contribution in [0.5, 0.6) is 5.75 Å². The van der Waals surface area contributed by atoms with Gasteiger partial charge in [-0.15, -0.1) is 0 Å². The average molecular weight is 530 g/mol. The first-order valence-electron chi connectivity index (χ1n) is 13.1. The number of nitro benzene ring substituents is 1. The zero-order valence-corrected chi connectivity index (χ0v) is 21.2. The van der Waals surface area contributed by atoms with Gasteiger partial charge in [-0.3, -0.25) is 19.7 Å². The maximum absolute atomic E-state index is 13.8. The molecule has 2 amide bonds. The van der Waals surface area contributed by atoms with E-state index in [0.29, 0.717) is 11.3 Å². The molecule has 1 saturated heterocycles. The molecule has 40 heavy (non-hydrogen) atoms. The van der Waals surface area contributed by atoms with E-state index in [9.17, 15) is 19.7 Å². The molecule has 4 aliphatic rings. The molecule has 2 atom stereocenters. The van der Waals surface area contributed by atoms with E-state index in [1.807, 2.05) is 36.4 Å². The fourth-order valence-corrected chi connectivity index (χ4v) is 6.49. The van der Waals surface area contributed by atoms with Crippen molar-refractivity contribution in [3.8, 4) is 5.75 Å². The first-order valence-corrected chi connectivity index (χ1v) is 13.1. The minimum atomic E-state index is -0.493. The Balaban J connectivity index is 1.16. The smallest absolute Gasteiger partial charge is 0.269 e. The Morgan fingerprint density at radius 3 is 1.77 bits per heavy atom. The number of ether oxygens (including phenoxy) is 1. The summed E-state index contributed by atoms with van der Waals surface area (Å²) in [5.41, 5.74) is 5.84. The van der Waals surface area contributed by atoms with Gasteiger partial charge in [0, 0.05) is 29.5 Å². The van der Waals surface area contributed by atoms with E-state index in [1.165, 1.54) is 18.3 Å². The highest BCUT2D eigenvalue weighted by atomic mass is 16.6. The number of nitrogens with zero attached hydrogens (tertiary/aromatic N) is 3. The van der Waals surface area contributed by atoms with Gasteiger partial charge in [0.1, 0.15) is 12.4 Å². The molecule has 0 radical (unpaired) electrons. The van der Waals surface area contributed by atoms with Gasteiger partial charge in [-0.1, -0.05) is 60.7 Å². The van der Waals surface area contributed by atoms with Crippen molar-refractivity contribution in [2.24, 2.45) is 16.9 Å². The lowest BCUT2D eigenvalue weighted by Crippen LogP contribution is -2.41. The molecule has 1 fully saturated rings. The van der Waals surface area contributed by atoms with Gasteiger partial charge in [-0.25, -0.2) is 0 Å². The van der Waals surface area contributed by atoms with Gasteiger partial charge in [0.25, 0.3) is 17.5 Å². The van der Waals surface area contributed by atoms with Gasteiger partial charge < -0.3 is 4.74 Å². The van der Waals surface area contributed by atoms with Crippen LogP contribution < -0.4 is 4.74 Å². The number of imide groups is 1. The van der Waals surface area contributed by atoms with Crippen molar-refractivity contribution < 1.29 is 19.2 Å². The Bertz CT molecular complexity index is 1600. The Kier molecular flexibility index (Phi) is 5.55. The van der Waals surface area contributed by atoms with Crippen LogP contribution in [0.25, 0.3) is 0 Å². The minimum Gasteiger partial charge on any atom is -0.488 e. The van der Waals surface area contributed by atoms with Crippen LogP contribution in [0.3, 0.4) is 0 Å². The van der Waals surface area contributed by atoms with E-state index in [-0.39, 0.29) is 35.9 Å². The zero-order chi connectivity index (χ0) is 27.4. The molecule has 4 aromatic carbocycles. The summed E-state index contributed by atoms with van der Waals surface area (Å²) in [5.74, 6) is -1.40. The maximum atomic E-state index is 13.8. The summed E-state index contributed by atoms with van der Waals surface area (Å²) < 4.78 is 5.97. The van der Waals surface area contributed by atoms with Gasteiger partial charge >= 0.3 is 0 Å². The highest BCUT2D eigenvalue weighted by Gasteiger charge is 2.61. The quantitative estimate of drug-likeness (QED) is 0.144. The van der Waals surface area contributed by atoms with E-state index in [1.54, 1.807) is 24.3 Å². The first kappa shape index (κ1) is 24.0. The normalized spacial score (nSPS) is 22.2. The lowest BCUT2D eigenvalue weighted by atomic mass is 9.55. The lowest BCUT2D eigenvalue weighted by molar-refractivity contribution is -0.384. The van der Waals surface area contributed by atoms with Crippen LogP contribution >= 0.6 is 0 Å². The minimum absolute atomic E-state index is 0.0106. The Hall–Kier alpha value is -5.11. The van der Waals surface area contributed by atoms with Gasteiger partial charge in [-0.05, 0) is 52.1 Å². The van der Waals surface area contributed by atoms with Crippen LogP contribution in [0.2, 0.25) is 0 Å². The molecule has 0 unspecified atom stereocenters. The van der Waals surface area contributed by atoms with Crippen LogP contribution in [-0.2, 0) is 16.2 Å². The summed E-state index contributed by atoms with van der Waals surface area (Å²) in [5, 5.41) is 16.4. The third kappa shape index (κ3) is 3.64. The second kappa shape index (κ2) is 9.27. The lowest BCUT2D eigenvalue weighted by Gasteiger charge is -2.45. The maximum Gasteiger partial charge on any atom is 0.269 e. The number of non-ortho nitro benzene ring substituents is 1. The van der Waals surface area contributed by atoms with Crippen LogP contribution in [0.15, 0.2) is 102 Å². The average Bonchev–Trinajstić information content (AvgIpc) is 3.25. The van der Waals surface area contributed by atoms with E-state index in [0.717, 1.165) is 32.8 Å². The third-order valence-electron chi connectivity index (χ3n) is 8.20. The summed E-state index contributed by atoms with van der Waals surface area (Å²) in [6.07, 6.45) is 1.49. The van der Waals surface area contributed by atoms with E-state index in [2.05, 4.69) is 29.4 Å². The summed E-state index contributed by atoms with van der Waals surface area (Å²) in [4.78, 5) is 38.0. The predicted molar refractivity (Wildman–Crippen MR) is 147 cm³/mol. The Morgan fingerprint density at radius 1 is 0.750 bits per heavy atom. The van der Waals surface area contributed by atoms with Crippen molar-refractivity contribution in [2.75, 3.05) is 0 Å². The Morgan fingerprint density at radius 2 is 1.25 bits per heavy atom. The molecular weight excluding hydrogens is 506 g/mol. The SMILES string of the molecule is O=C1[C@H]2C3c4ccccc4C(c4ccccc43)[C@@H]2C(=O)N1/N=C\c1ccccc1OCc1ccc([N+](=O)[O-])cc1. The van der Waals surface area contributed by atoms with E-state index >= 15 is 0 Å². The fourth-order valence-electron chi connectivity index (χ4n) is 6.49. The molecule has 3 aliphatic carbocycles. The second-order valence-electron chi connectivity index (χ2n) is 10.2. The number of benzene rings is 4. The number of nitro groups is 1. The number of hydrogen-bond donors (Lipinski definition) is 0. The van der Waals surface area contributed by atoms with Crippen molar-refractivity contribution in [3.05, 3.63) is 141 Å². The highest BCUT2D eigenvalue weighted by Crippen LogP contribution is 2.60. The molecule has 1 heterocycles. The summed E-state index contributed by atoms with van der Waals surface area (Å²) in [6.45, 7) is 0.189. The number of carbonyl (C=O) groups is 2. The summed E-state index contributed by atoms with van der Waals surface area (Å²) in [7, 11) is 0. The van der Waals surface area contributed by atoms with Crippen LogP contribution in [0.1, 0.15) is 45.2 Å². The van der Waals surface area contributed by atoms with Gasteiger partial charge in [0.15, 0.2) is 0 Å². The molecule has 0 spiro atoms. The summed E-state index contributed by atoms with van der Waals surface area (Å²) >= 11 is 0. The van der Waals surface area contributed by atoms with E-state index < -0.39 is 16.8 Å². The fraction of sp³-hybridized carbons (Fsp3) is 0.156. The number of hydrazone groups is 1. The van der Waals surface area contributed by atoms with Crippen molar-refractivity contribution in [1.82, 2.24) is 5.01 Å². The van der Waals surface area contributed by atoms with Gasteiger partial charge in [-0.2, -0.15) is 10.1 Å². The number of hydrogen-bond acceptors (Lipinski definition) is 6. The van der Waals surface area contributed by atoms with Crippen molar-refractivity contribution >= 4 is 23.7 Å². The second-order valence-corrected chi connectivity index (χ2v) is 10.2. The molecule has 196 valence electrons. The third-order valence-corrected chi connectivity index (χ3v) is 8.20. The van der Waals surface area contributed by atoms with Crippen LogP contribution in [0.4, 0.5) is 5.69 Å². The van der Waals surface area contributed by atoms with Crippen LogP contribution in [0, 0.1) is 22.0 Å². The monoisotopic (exact) mass is 529 g/mol. The number of carbonyl (C=O) groups excluding carboxylic acids is 2. The number of para-hydroxylation sites is 1. The molecular formula is C32H23N3O5. The molecule has 1 aliphatic heterocycles. The topological polar surface area (TPSA) is 102 Å². The van der Waals surface area contributed by atoms with Gasteiger partial charge in [0.05, 0.1) is 23.0 Å². The molecule has 8 nitrogen and oxygen atoms in total. The number of rotatable bonds is 6. The molecule has 8 heteroatoms. The summed E-state index contributed by atoms with van der Waals surface area (Å²) in [6, 6.07) is 29.6. The largest absolute Gasteiger partial charge is 0.488 e. The Labute approximate surface area is 229 Å².